The maximum atomic E-state index is 13.2. The molecule has 10 nitrogen and oxygen atoms in total. The number of anilines is 1. The Balaban J connectivity index is 1.32. The SMILES string of the molecule is CC1=C(C(=O)OCc2ccccc2)C(c2ccc(OCC(=O)N3CCOCC3)cc2)n2ncnc2N1. The molecule has 0 aliphatic carbocycles. The van der Waals surface area contributed by atoms with E-state index < -0.39 is 12.0 Å². The van der Waals surface area contributed by atoms with Gasteiger partial charge in [-0.25, -0.2) is 9.48 Å². The van der Waals surface area contributed by atoms with Crippen molar-refractivity contribution >= 4 is 17.8 Å². The summed E-state index contributed by atoms with van der Waals surface area (Å²) < 4.78 is 18.3. The van der Waals surface area contributed by atoms with E-state index in [9.17, 15) is 9.59 Å². The first-order valence-electron chi connectivity index (χ1n) is 11.8. The number of fused-ring (bicyclic) bond motifs is 1. The zero-order chi connectivity index (χ0) is 24.9. The van der Waals surface area contributed by atoms with E-state index >= 15 is 0 Å². The fourth-order valence-electron chi connectivity index (χ4n) is 4.26. The predicted octanol–water partition coefficient (Wildman–Crippen LogP) is 2.55. The summed E-state index contributed by atoms with van der Waals surface area (Å²) in [4.78, 5) is 31.6. The molecule has 3 aromatic rings. The number of benzene rings is 2. The van der Waals surface area contributed by atoms with Crippen LogP contribution in [0.3, 0.4) is 0 Å². The minimum atomic E-state index is -0.531. The van der Waals surface area contributed by atoms with E-state index in [1.54, 1.807) is 21.7 Å². The van der Waals surface area contributed by atoms with Crippen molar-refractivity contribution in [3.8, 4) is 5.75 Å². The Morgan fingerprint density at radius 1 is 1.08 bits per heavy atom. The van der Waals surface area contributed by atoms with Crippen LogP contribution in [0.15, 0.2) is 72.2 Å². The Hall–Kier alpha value is -4.18. The lowest BCUT2D eigenvalue weighted by molar-refractivity contribution is -0.141. The number of hydrogen-bond donors (Lipinski definition) is 1. The molecule has 1 atom stereocenters. The summed E-state index contributed by atoms with van der Waals surface area (Å²) in [5.41, 5.74) is 2.80. The van der Waals surface area contributed by atoms with Gasteiger partial charge >= 0.3 is 5.97 Å². The Bertz CT molecular complexity index is 1250. The molecular formula is C26H27N5O5. The number of allylic oxidation sites excluding steroid dienone is 1. The van der Waals surface area contributed by atoms with Crippen molar-refractivity contribution in [1.29, 1.82) is 0 Å². The van der Waals surface area contributed by atoms with Crippen LogP contribution < -0.4 is 10.1 Å². The number of nitrogens with one attached hydrogen (secondary N) is 1. The molecule has 3 heterocycles. The first-order chi connectivity index (χ1) is 17.6. The predicted molar refractivity (Wildman–Crippen MR) is 130 cm³/mol. The van der Waals surface area contributed by atoms with Crippen LogP contribution in [0.4, 0.5) is 5.95 Å². The van der Waals surface area contributed by atoms with E-state index in [0.29, 0.717) is 49.3 Å². The van der Waals surface area contributed by atoms with E-state index in [-0.39, 0.29) is 19.1 Å². The van der Waals surface area contributed by atoms with Crippen LogP contribution in [-0.4, -0.2) is 64.5 Å². The highest BCUT2D eigenvalue weighted by molar-refractivity contribution is 5.92. The number of amides is 1. The minimum Gasteiger partial charge on any atom is -0.484 e. The third-order valence-electron chi connectivity index (χ3n) is 6.15. The topological polar surface area (TPSA) is 108 Å². The van der Waals surface area contributed by atoms with E-state index in [4.69, 9.17) is 14.2 Å². The lowest BCUT2D eigenvalue weighted by Crippen LogP contribution is -2.42. The summed E-state index contributed by atoms with van der Waals surface area (Å²) in [6, 6.07) is 16.3. The van der Waals surface area contributed by atoms with Gasteiger partial charge in [-0.15, -0.1) is 0 Å². The molecule has 1 fully saturated rings. The number of nitrogens with zero attached hydrogens (tertiary/aromatic N) is 4. The maximum absolute atomic E-state index is 13.2. The van der Waals surface area contributed by atoms with Gasteiger partial charge in [-0.05, 0) is 30.2 Å². The van der Waals surface area contributed by atoms with Crippen molar-refractivity contribution in [2.75, 3.05) is 38.2 Å². The molecule has 0 bridgehead atoms. The van der Waals surface area contributed by atoms with Gasteiger partial charge in [-0.3, -0.25) is 4.79 Å². The fraction of sp³-hybridized carbons (Fsp3) is 0.308. The molecule has 2 aliphatic heterocycles. The minimum absolute atomic E-state index is 0.0456. The number of rotatable bonds is 7. The van der Waals surface area contributed by atoms with Gasteiger partial charge in [0.1, 0.15) is 24.7 Å². The lowest BCUT2D eigenvalue weighted by atomic mass is 9.95. The Morgan fingerprint density at radius 2 is 1.83 bits per heavy atom. The summed E-state index contributed by atoms with van der Waals surface area (Å²) in [6.45, 7) is 4.18. The number of hydrogen-bond acceptors (Lipinski definition) is 8. The number of ether oxygens (including phenoxy) is 3. The molecule has 1 unspecified atom stereocenters. The largest absolute Gasteiger partial charge is 0.484 e. The molecule has 1 amide bonds. The van der Waals surface area contributed by atoms with Crippen LogP contribution >= 0.6 is 0 Å². The molecule has 10 heteroatoms. The second kappa shape index (κ2) is 10.6. The summed E-state index contributed by atoms with van der Waals surface area (Å²) in [5, 5.41) is 7.48. The quantitative estimate of drug-likeness (QED) is 0.505. The number of morpholine rings is 1. The zero-order valence-corrected chi connectivity index (χ0v) is 19.9. The van der Waals surface area contributed by atoms with Crippen LogP contribution in [0, 0.1) is 0 Å². The normalized spacial score (nSPS) is 17.2. The van der Waals surface area contributed by atoms with E-state index in [1.807, 2.05) is 49.4 Å². The van der Waals surface area contributed by atoms with Crippen molar-refractivity contribution in [1.82, 2.24) is 19.7 Å². The van der Waals surface area contributed by atoms with Crippen LogP contribution in [0.1, 0.15) is 24.1 Å². The zero-order valence-electron chi connectivity index (χ0n) is 19.9. The molecule has 1 aromatic heterocycles. The molecule has 0 spiro atoms. The van der Waals surface area contributed by atoms with Crippen molar-refractivity contribution in [3.05, 3.63) is 83.3 Å². The Kier molecular flexibility index (Phi) is 6.94. The monoisotopic (exact) mass is 489 g/mol. The van der Waals surface area contributed by atoms with Crippen LogP contribution in [0.5, 0.6) is 5.75 Å². The highest BCUT2D eigenvalue weighted by atomic mass is 16.5. The average molecular weight is 490 g/mol. The van der Waals surface area contributed by atoms with Gasteiger partial charge in [0.05, 0.1) is 18.8 Å². The first-order valence-corrected chi connectivity index (χ1v) is 11.8. The number of carbonyl (C=O) groups excluding carboxylic acids is 2. The molecule has 36 heavy (non-hydrogen) atoms. The van der Waals surface area contributed by atoms with Gasteiger partial charge in [0.25, 0.3) is 5.91 Å². The molecule has 0 radical (unpaired) electrons. The van der Waals surface area contributed by atoms with Gasteiger partial charge < -0.3 is 24.4 Å². The molecule has 0 saturated carbocycles. The van der Waals surface area contributed by atoms with Crippen molar-refractivity contribution < 1.29 is 23.8 Å². The maximum Gasteiger partial charge on any atom is 0.338 e. The van der Waals surface area contributed by atoms with Crippen LogP contribution in [0.2, 0.25) is 0 Å². The standard InChI is InChI=1S/C26H27N5O5/c1-18-23(25(33)36-15-19-5-3-2-4-6-19)24(31-26(29-18)27-17-28-31)20-7-9-21(10-8-20)35-16-22(32)30-11-13-34-14-12-30/h2-10,17,24H,11-16H2,1H3,(H,27,28,29). The van der Waals surface area contributed by atoms with Crippen molar-refractivity contribution in [3.63, 3.8) is 0 Å². The third-order valence-corrected chi connectivity index (χ3v) is 6.15. The van der Waals surface area contributed by atoms with Crippen molar-refractivity contribution in [2.45, 2.75) is 19.6 Å². The number of carbonyl (C=O) groups is 2. The van der Waals surface area contributed by atoms with Crippen LogP contribution in [-0.2, 0) is 25.7 Å². The Morgan fingerprint density at radius 3 is 2.58 bits per heavy atom. The molecule has 2 aliphatic rings. The Labute approximate surface area is 208 Å². The molecule has 1 N–H and O–H groups in total. The van der Waals surface area contributed by atoms with E-state index in [0.717, 1.165) is 11.1 Å². The van der Waals surface area contributed by atoms with Gasteiger partial charge in [0.15, 0.2) is 6.61 Å². The van der Waals surface area contributed by atoms with Gasteiger partial charge in [-0.2, -0.15) is 10.1 Å². The number of aromatic nitrogens is 3. The van der Waals surface area contributed by atoms with Gasteiger partial charge in [0, 0.05) is 18.8 Å². The summed E-state index contributed by atoms with van der Waals surface area (Å²) >= 11 is 0. The van der Waals surface area contributed by atoms with Gasteiger partial charge in [-0.1, -0.05) is 42.5 Å². The molecule has 5 rings (SSSR count). The van der Waals surface area contributed by atoms with Gasteiger partial charge in [0.2, 0.25) is 5.95 Å². The van der Waals surface area contributed by atoms with Crippen molar-refractivity contribution in [2.24, 2.45) is 0 Å². The highest BCUT2D eigenvalue weighted by Gasteiger charge is 2.34. The average Bonchev–Trinajstić information content (AvgIpc) is 3.39. The first kappa shape index (κ1) is 23.6. The molecular weight excluding hydrogens is 462 g/mol. The highest BCUT2D eigenvalue weighted by Crippen LogP contribution is 2.35. The van der Waals surface area contributed by atoms with E-state index in [1.165, 1.54) is 6.33 Å². The second-order valence-electron chi connectivity index (χ2n) is 8.51. The molecule has 1 saturated heterocycles. The summed E-state index contributed by atoms with van der Waals surface area (Å²) in [7, 11) is 0. The summed E-state index contributed by atoms with van der Waals surface area (Å²) in [5.74, 6) is 0.581. The summed E-state index contributed by atoms with van der Waals surface area (Å²) in [6.07, 6.45) is 1.44. The molecule has 2 aromatic carbocycles. The third kappa shape index (κ3) is 5.08. The lowest BCUT2D eigenvalue weighted by Gasteiger charge is -2.28. The smallest absolute Gasteiger partial charge is 0.338 e. The van der Waals surface area contributed by atoms with Crippen LogP contribution in [0.25, 0.3) is 0 Å². The second-order valence-corrected chi connectivity index (χ2v) is 8.51. The van der Waals surface area contributed by atoms with E-state index in [2.05, 4.69) is 15.4 Å². The number of esters is 1. The fourth-order valence-corrected chi connectivity index (χ4v) is 4.26. The molecule has 186 valence electrons.